The van der Waals surface area contributed by atoms with Crippen molar-refractivity contribution in [3.63, 3.8) is 0 Å². The molecule has 0 aliphatic rings. The van der Waals surface area contributed by atoms with E-state index in [0.717, 1.165) is 0 Å². The third-order valence-corrected chi connectivity index (χ3v) is 9.44. The molecule has 1 unspecified atom stereocenters. The Hall–Kier alpha value is -1.64. The van der Waals surface area contributed by atoms with Crippen LogP contribution in [0.4, 0.5) is 4.79 Å². The number of carbonyl (C=O) groups is 2. The molecule has 0 aromatic carbocycles. The van der Waals surface area contributed by atoms with Crippen LogP contribution in [0.15, 0.2) is 24.8 Å². The van der Waals surface area contributed by atoms with Gasteiger partial charge in [0, 0.05) is 0 Å². The monoisotopic (exact) mass is 429 g/mol. The lowest BCUT2D eigenvalue weighted by Crippen LogP contribution is -2.51. The van der Waals surface area contributed by atoms with E-state index in [9.17, 15) is 14.7 Å². The van der Waals surface area contributed by atoms with Crippen molar-refractivity contribution in [3.05, 3.63) is 24.8 Å². The van der Waals surface area contributed by atoms with Gasteiger partial charge in [-0.3, -0.25) is 4.90 Å². The molecule has 0 aromatic rings. The van der Waals surface area contributed by atoms with Crippen molar-refractivity contribution in [2.75, 3.05) is 20.3 Å². The number of hydrogen-bond acceptors (Lipinski definition) is 6. The number of carbonyl (C=O) groups excluding carboxylic acids is 2. The normalized spacial score (nSPS) is 14.6. The molecule has 29 heavy (non-hydrogen) atoms. The first-order chi connectivity index (χ1) is 13.0. The van der Waals surface area contributed by atoms with Crippen LogP contribution in [0, 0.1) is 0 Å². The maximum Gasteiger partial charge on any atom is 0.410 e. The van der Waals surface area contributed by atoms with E-state index in [1.807, 2.05) is 0 Å². The number of nitrogens with zero attached hydrogens (tertiary/aromatic N) is 1. The number of ether oxygens (including phenoxy) is 2. The summed E-state index contributed by atoms with van der Waals surface area (Å²) in [6.07, 6.45) is -0.381. The zero-order valence-corrected chi connectivity index (χ0v) is 20.5. The lowest BCUT2D eigenvalue weighted by Gasteiger charge is -2.39. The number of amides is 1. The van der Waals surface area contributed by atoms with Gasteiger partial charge in [-0.2, -0.15) is 0 Å². The molecular formula is C21H39NO6Si. The number of methoxy groups -OCH3 is 1. The third kappa shape index (κ3) is 8.72. The Kier molecular flexibility index (Phi) is 9.82. The van der Waals surface area contributed by atoms with Gasteiger partial charge < -0.3 is 19.0 Å². The molecule has 0 spiro atoms. The molecule has 0 bridgehead atoms. The summed E-state index contributed by atoms with van der Waals surface area (Å²) in [7, 11) is -0.878. The highest BCUT2D eigenvalue weighted by Crippen LogP contribution is 2.36. The zero-order chi connectivity index (χ0) is 23.2. The molecule has 1 amide bonds. The van der Waals surface area contributed by atoms with Crippen LogP contribution in [0.25, 0.3) is 0 Å². The Balaban J connectivity index is 5.63. The summed E-state index contributed by atoms with van der Waals surface area (Å²) >= 11 is 0. The fraction of sp³-hybridized carbons (Fsp3) is 0.714. The standard InChI is InChI=1S/C21H39NO6Si/c1-12-16(14-27-29(10,11)21(6,7)8)22(19(25)28-20(3,4)5)13-17(23)15(2)18(24)26-9/h12,16-17,23H,1-2,13-14H2,3-11H3/t16-,17?/m0/s1. The van der Waals surface area contributed by atoms with Gasteiger partial charge in [0.05, 0.1) is 31.9 Å². The van der Waals surface area contributed by atoms with Gasteiger partial charge >= 0.3 is 12.1 Å². The fourth-order valence-electron chi connectivity index (χ4n) is 2.02. The van der Waals surface area contributed by atoms with Gasteiger partial charge in [0.2, 0.25) is 0 Å². The maximum atomic E-state index is 12.8. The van der Waals surface area contributed by atoms with E-state index in [1.54, 1.807) is 26.8 Å². The van der Waals surface area contributed by atoms with Gasteiger partial charge in [-0.05, 0) is 38.9 Å². The topological polar surface area (TPSA) is 85.3 Å². The Morgan fingerprint density at radius 2 is 1.69 bits per heavy atom. The van der Waals surface area contributed by atoms with Crippen LogP contribution in [-0.4, -0.2) is 68.4 Å². The summed E-state index contributed by atoms with van der Waals surface area (Å²) in [6.45, 7) is 23.2. The van der Waals surface area contributed by atoms with Crippen LogP contribution in [-0.2, 0) is 18.7 Å². The molecule has 1 N–H and O–H groups in total. The van der Waals surface area contributed by atoms with Gasteiger partial charge in [0.25, 0.3) is 0 Å². The molecule has 168 valence electrons. The van der Waals surface area contributed by atoms with Crippen molar-refractivity contribution >= 4 is 20.4 Å². The van der Waals surface area contributed by atoms with Crippen LogP contribution in [0.3, 0.4) is 0 Å². The summed E-state index contributed by atoms with van der Waals surface area (Å²) in [5, 5.41) is 10.4. The molecule has 0 aliphatic heterocycles. The van der Waals surface area contributed by atoms with Crippen LogP contribution >= 0.6 is 0 Å². The molecule has 0 heterocycles. The van der Waals surface area contributed by atoms with Gasteiger partial charge in [-0.1, -0.05) is 33.4 Å². The molecule has 0 saturated heterocycles. The van der Waals surface area contributed by atoms with Crippen molar-refractivity contribution in [1.82, 2.24) is 4.90 Å². The van der Waals surface area contributed by atoms with Gasteiger partial charge in [-0.15, -0.1) is 6.58 Å². The molecule has 0 fully saturated rings. The lowest BCUT2D eigenvalue weighted by molar-refractivity contribution is -0.137. The molecular weight excluding hydrogens is 390 g/mol. The molecule has 8 heteroatoms. The predicted molar refractivity (Wildman–Crippen MR) is 117 cm³/mol. The Labute approximate surface area is 176 Å². The van der Waals surface area contributed by atoms with E-state index in [2.05, 4.69) is 51.8 Å². The molecule has 7 nitrogen and oxygen atoms in total. The number of aliphatic hydroxyl groups is 1. The summed E-state index contributed by atoms with van der Waals surface area (Å²) in [5.41, 5.74) is -0.875. The molecule has 0 aliphatic carbocycles. The van der Waals surface area contributed by atoms with Crippen molar-refractivity contribution in [2.24, 2.45) is 0 Å². The van der Waals surface area contributed by atoms with E-state index in [0.29, 0.717) is 0 Å². The number of rotatable bonds is 9. The van der Waals surface area contributed by atoms with Gasteiger partial charge in [-0.25, -0.2) is 9.59 Å². The van der Waals surface area contributed by atoms with Gasteiger partial charge in [0.1, 0.15) is 11.7 Å². The predicted octanol–water partition coefficient (Wildman–Crippen LogP) is 3.89. The van der Waals surface area contributed by atoms with E-state index in [-0.39, 0.29) is 23.8 Å². The van der Waals surface area contributed by atoms with Crippen LogP contribution in [0.2, 0.25) is 18.1 Å². The number of aliphatic hydroxyl groups excluding tert-OH is 1. The minimum Gasteiger partial charge on any atom is -0.466 e. The first kappa shape index (κ1) is 27.4. The molecule has 2 atom stereocenters. The van der Waals surface area contributed by atoms with Crippen molar-refractivity contribution in [1.29, 1.82) is 0 Å². The minimum absolute atomic E-state index is 0.00580. The Bertz CT molecular complexity index is 603. The number of esters is 1. The largest absolute Gasteiger partial charge is 0.466 e. The Morgan fingerprint density at radius 1 is 1.17 bits per heavy atom. The molecule has 0 aromatic heterocycles. The smallest absolute Gasteiger partial charge is 0.410 e. The SMILES string of the molecule is C=C[C@@H](CO[Si](C)(C)C(C)(C)C)N(CC(O)C(=C)C(=O)OC)C(=O)OC(C)(C)C. The van der Waals surface area contributed by atoms with Gasteiger partial charge in [0.15, 0.2) is 8.32 Å². The molecule has 0 radical (unpaired) electrons. The van der Waals surface area contributed by atoms with Crippen molar-refractivity contribution in [3.8, 4) is 0 Å². The van der Waals surface area contributed by atoms with Crippen molar-refractivity contribution < 1.29 is 28.6 Å². The summed E-state index contributed by atoms with van der Waals surface area (Å²) in [6, 6.07) is -0.556. The average Bonchev–Trinajstić information content (AvgIpc) is 2.56. The summed E-state index contributed by atoms with van der Waals surface area (Å²) in [5.74, 6) is -0.741. The fourth-order valence-corrected chi connectivity index (χ4v) is 3.05. The lowest BCUT2D eigenvalue weighted by atomic mass is 10.1. The molecule has 0 saturated carbocycles. The zero-order valence-electron chi connectivity index (χ0n) is 19.5. The third-order valence-electron chi connectivity index (χ3n) is 4.94. The Morgan fingerprint density at radius 3 is 2.07 bits per heavy atom. The minimum atomic E-state index is -2.08. The number of hydrogen-bond donors (Lipinski definition) is 1. The van der Waals surface area contributed by atoms with Crippen LogP contribution in [0.5, 0.6) is 0 Å². The highest BCUT2D eigenvalue weighted by atomic mass is 28.4. The quantitative estimate of drug-likeness (QED) is 0.259. The van der Waals surface area contributed by atoms with E-state index >= 15 is 0 Å². The second-order valence-electron chi connectivity index (χ2n) is 9.54. The summed E-state index contributed by atoms with van der Waals surface area (Å²) < 4.78 is 16.3. The second kappa shape index (κ2) is 10.4. The van der Waals surface area contributed by atoms with E-state index in [1.165, 1.54) is 12.0 Å². The highest BCUT2D eigenvalue weighted by Gasteiger charge is 2.39. The second-order valence-corrected chi connectivity index (χ2v) is 14.3. The molecule has 0 rings (SSSR count). The van der Waals surface area contributed by atoms with E-state index < -0.39 is 38.1 Å². The first-order valence-electron chi connectivity index (χ1n) is 9.68. The highest BCUT2D eigenvalue weighted by molar-refractivity contribution is 6.74. The average molecular weight is 430 g/mol. The van der Waals surface area contributed by atoms with E-state index in [4.69, 9.17) is 9.16 Å². The van der Waals surface area contributed by atoms with Crippen molar-refractivity contribution in [2.45, 2.75) is 77.4 Å². The summed E-state index contributed by atoms with van der Waals surface area (Å²) in [4.78, 5) is 25.8. The van der Waals surface area contributed by atoms with Crippen LogP contribution in [0.1, 0.15) is 41.5 Å². The van der Waals surface area contributed by atoms with Crippen LogP contribution < -0.4 is 0 Å². The maximum absolute atomic E-state index is 12.8. The first-order valence-corrected chi connectivity index (χ1v) is 12.6.